The van der Waals surface area contributed by atoms with E-state index < -0.39 is 0 Å². The van der Waals surface area contributed by atoms with Gasteiger partial charge in [-0.25, -0.2) is 0 Å². The monoisotopic (exact) mass is 376 g/mol. The lowest BCUT2D eigenvalue weighted by Gasteiger charge is -2.15. The smallest absolute Gasteiger partial charge is 0.203 e. The summed E-state index contributed by atoms with van der Waals surface area (Å²) in [4.78, 5) is 1.11. The molecule has 0 aliphatic rings. The lowest BCUT2D eigenvalue weighted by atomic mass is 10.2. The molecule has 0 bridgehead atoms. The standard InChI is InChI=1S/C14H14BrClO3S/c1-17-11-5-9(7-16)6-12(18-2)14(11)19-8-13-10(15)3-4-20-13/h3-6H,7-8H2,1-2H3. The third-order valence-corrected chi connectivity index (χ3v) is 4.92. The van der Waals surface area contributed by atoms with Crippen LogP contribution in [-0.2, 0) is 12.5 Å². The largest absolute Gasteiger partial charge is 0.493 e. The maximum Gasteiger partial charge on any atom is 0.203 e. The summed E-state index contributed by atoms with van der Waals surface area (Å²) in [6, 6.07) is 5.71. The highest BCUT2D eigenvalue weighted by atomic mass is 79.9. The predicted octanol–water partition coefficient (Wildman–Crippen LogP) is 4.85. The first-order valence-corrected chi connectivity index (χ1v) is 8.05. The maximum absolute atomic E-state index is 5.86. The summed E-state index contributed by atoms with van der Waals surface area (Å²) in [7, 11) is 3.20. The van der Waals surface area contributed by atoms with Gasteiger partial charge in [-0.1, -0.05) is 0 Å². The van der Waals surface area contributed by atoms with Crippen LogP contribution in [0.25, 0.3) is 0 Å². The molecule has 0 fully saturated rings. The molecular formula is C14H14BrClO3S. The highest BCUT2D eigenvalue weighted by molar-refractivity contribution is 9.10. The molecule has 6 heteroatoms. The number of methoxy groups -OCH3 is 2. The second-order valence-corrected chi connectivity index (χ2v) is 6.07. The van der Waals surface area contributed by atoms with Crippen LogP contribution in [0.15, 0.2) is 28.1 Å². The average Bonchev–Trinajstić information content (AvgIpc) is 2.89. The first-order valence-electron chi connectivity index (χ1n) is 5.85. The number of rotatable bonds is 6. The van der Waals surface area contributed by atoms with Crippen molar-refractivity contribution in [2.45, 2.75) is 12.5 Å². The van der Waals surface area contributed by atoms with Crippen molar-refractivity contribution >= 4 is 38.9 Å². The number of hydrogen-bond donors (Lipinski definition) is 0. The Morgan fingerprint density at radius 1 is 1.20 bits per heavy atom. The minimum atomic E-state index is 0.392. The van der Waals surface area contributed by atoms with Crippen LogP contribution >= 0.6 is 38.9 Å². The molecule has 0 saturated carbocycles. The fraction of sp³-hybridized carbons (Fsp3) is 0.286. The Hall–Kier alpha value is -0.910. The van der Waals surface area contributed by atoms with Crippen molar-refractivity contribution in [3.05, 3.63) is 38.5 Å². The van der Waals surface area contributed by atoms with E-state index in [1.807, 2.05) is 23.6 Å². The Labute approximate surface area is 135 Å². The maximum atomic E-state index is 5.86. The molecule has 3 nitrogen and oxygen atoms in total. The molecule has 1 heterocycles. The molecule has 0 radical (unpaired) electrons. The van der Waals surface area contributed by atoms with Crippen molar-refractivity contribution in [2.75, 3.05) is 14.2 Å². The molecule has 0 aliphatic heterocycles. The van der Waals surface area contributed by atoms with Gasteiger partial charge in [-0.15, -0.1) is 22.9 Å². The molecule has 0 N–H and O–H groups in total. The molecular weight excluding hydrogens is 364 g/mol. The van der Waals surface area contributed by atoms with E-state index in [9.17, 15) is 0 Å². The Morgan fingerprint density at radius 2 is 1.85 bits per heavy atom. The van der Waals surface area contributed by atoms with Gasteiger partial charge in [-0.05, 0) is 45.1 Å². The second kappa shape index (κ2) is 7.20. The Bertz CT molecular complexity index is 561. The topological polar surface area (TPSA) is 27.7 Å². The van der Waals surface area contributed by atoms with Crippen molar-refractivity contribution in [1.82, 2.24) is 0 Å². The van der Waals surface area contributed by atoms with Crippen LogP contribution < -0.4 is 14.2 Å². The zero-order valence-corrected chi connectivity index (χ0v) is 14.3. The zero-order valence-electron chi connectivity index (χ0n) is 11.1. The number of hydrogen-bond acceptors (Lipinski definition) is 4. The summed E-state index contributed by atoms with van der Waals surface area (Å²) in [6.07, 6.45) is 0. The molecule has 0 amide bonds. The van der Waals surface area contributed by atoms with Crippen LogP contribution in [-0.4, -0.2) is 14.2 Å². The lowest BCUT2D eigenvalue weighted by Crippen LogP contribution is -2.00. The molecule has 0 atom stereocenters. The van der Waals surface area contributed by atoms with E-state index in [0.717, 1.165) is 14.9 Å². The normalized spacial score (nSPS) is 10.4. The number of ether oxygens (including phenoxy) is 3. The Kier molecular flexibility index (Phi) is 5.57. The number of alkyl halides is 1. The molecule has 2 aromatic rings. The van der Waals surface area contributed by atoms with E-state index in [-0.39, 0.29) is 0 Å². The fourth-order valence-corrected chi connectivity index (χ4v) is 3.25. The summed E-state index contributed by atoms with van der Waals surface area (Å²) in [6.45, 7) is 0.450. The zero-order chi connectivity index (χ0) is 14.5. The van der Waals surface area contributed by atoms with E-state index >= 15 is 0 Å². The average molecular weight is 378 g/mol. The summed E-state index contributed by atoms with van der Waals surface area (Å²) >= 11 is 11.0. The summed E-state index contributed by atoms with van der Waals surface area (Å²) in [5.74, 6) is 2.22. The molecule has 0 aliphatic carbocycles. The molecule has 108 valence electrons. The molecule has 0 spiro atoms. The van der Waals surface area contributed by atoms with Gasteiger partial charge in [0, 0.05) is 10.4 Å². The fourth-order valence-electron chi connectivity index (χ4n) is 1.72. The van der Waals surface area contributed by atoms with Crippen molar-refractivity contribution < 1.29 is 14.2 Å². The van der Waals surface area contributed by atoms with Crippen molar-refractivity contribution in [1.29, 1.82) is 0 Å². The van der Waals surface area contributed by atoms with Gasteiger partial charge in [0.2, 0.25) is 5.75 Å². The van der Waals surface area contributed by atoms with Crippen LogP contribution in [0, 0.1) is 0 Å². The van der Waals surface area contributed by atoms with Gasteiger partial charge in [-0.3, -0.25) is 0 Å². The van der Waals surface area contributed by atoms with E-state index in [0.29, 0.717) is 29.7 Å². The molecule has 20 heavy (non-hydrogen) atoms. The van der Waals surface area contributed by atoms with Crippen LogP contribution in [0.4, 0.5) is 0 Å². The predicted molar refractivity (Wildman–Crippen MR) is 85.5 cm³/mol. The van der Waals surface area contributed by atoms with Gasteiger partial charge in [0.1, 0.15) is 6.61 Å². The summed E-state index contributed by atoms with van der Waals surface area (Å²) in [5.41, 5.74) is 0.921. The second-order valence-electron chi connectivity index (χ2n) is 3.94. The minimum Gasteiger partial charge on any atom is -0.493 e. The van der Waals surface area contributed by atoms with Crippen LogP contribution in [0.2, 0.25) is 0 Å². The molecule has 0 saturated heterocycles. The quantitative estimate of drug-likeness (QED) is 0.674. The molecule has 1 aromatic heterocycles. The third kappa shape index (κ3) is 3.40. The van der Waals surface area contributed by atoms with E-state index in [1.165, 1.54) is 0 Å². The highest BCUT2D eigenvalue weighted by Gasteiger charge is 2.15. The summed E-state index contributed by atoms with van der Waals surface area (Å²) < 4.78 is 17.6. The van der Waals surface area contributed by atoms with Crippen LogP contribution in [0.3, 0.4) is 0 Å². The summed E-state index contributed by atoms with van der Waals surface area (Å²) in [5, 5.41) is 2.01. The van der Waals surface area contributed by atoms with Gasteiger partial charge in [0.05, 0.1) is 19.1 Å². The Morgan fingerprint density at radius 3 is 2.30 bits per heavy atom. The number of halogens is 2. The third-order valence-electron chi connectivity index (χ3n) is 2.71. The number of thiophene rings is 1. The SMILES string of the molecule is COc1cc(CCl)cc(OC)c1OCc1sccc1Br. The van der Waals surface area contributed by atoms with Crippen LogP contribution in [0.5, 0.6) is 17.2 Å². The van der Waals surface area contributed by atoms with Crippen molar-refractivity contribution in [2.24, 2.45) is 0 Å². The van der Waals surface area contributed by atoms with Gasteiger partial charge in [-0.2, -0.15) is 0 Å². The van der Waals surface area contributed by atoms with Gasteiger partial charge < -0.3 is 14.2 Å². The first-order chi connectivity index (χ1) is 9.69. The minimum absolute atomic E-state index is 0.392. The molecule has 2 rings (SSSR count). The lowest BCUT2D eigenvalue weighted by molar-refractivity contribution is 0.267. The highest BCUT2D eigenvalue weighted by Crippen LogP contribution is 2.40. The van der Waals surface area contributed by atoms with Gasteiger partial charge in [0.15, 0.2) is 11.5 Å². The van der Waals surface area contributed by atoms with E-state index in [1.54, 1.807) is 25.6 Å². The van der Waals surface area contributed by atoms with Crippen LogP contribution in [0.1, 0.15) is 10.4 Å². The van der Waals surface area contributed by atoms with Gasteiger partial charge >= 0.3 is 0 Å². The van der Waals surface area contributed by atoms with Crippen molar-refractivity contribution in [3.8, 4) is 17.2 Å². The van der Waals surface area contributed by atoms with E-state index in [2.05, 4.69) is 15.9 Å². The Balaban J connectivity index is 2.27. The molecule has 0 unspecified atom stereocenters. The van der Waals surface area contributed by atoms with E-state index in [4.69, 9.17) is 25.8 Å². The number of benzene rings is 1. The van der Waals surface area contributed by atoms with Crippen molar-refractivity contribution in [3.63, 3.8) is 0 Å². The molecule has 1 aromatic carbocycles. The first kappa shape index (κ1) is 15.5. The van der Waals surface area contributed by atoms with Gasteiger partial charge in [0.25, 0.3) is 0 Å².